The Balaban J connectivity index is 2.00. The van der Waals surface area contributed by atoms with Crippen LogP contribution in [-0.2, 0) is 11.2 Å². The Morgan fingerprint density at radius 2 is 2.11 bits per heavy atom. The van der Waals surface area contributed by atoms with Gasteiger partial charge in [-0.05, 0) is 29.6 Å². The van der Waals surface area contributed by atoms with E-state index in [4.69, 9.17) is 0 Å². The van der Waals surface area contributed by atoms with Gasteiger partial charge in [-0.3, -0.25) is 4.79 Å². The van der Waals surface area contributed by atoms with Crippen molar-refractivity contribution in [1.82, 2.24) is 0 Å². The SMILES string of the molecule is CN(C)c1cccc(NC(=O)Cc2cccs2)c1. The van der Waals surface area contributed by atoms with Crippen molar-refractivity contribution in [2.24, 2.45) is 0 Å². The van der Waals surface area contributed by atoms with Crippen LogP contribution in [0.1, 0.15) is 4.88 Å². The molecule has 0 unspecified atom stereocenters. The molecule has 0 saturated carbocycles. The molecule has 18 heavy (non-hydrogen) atoms. The minimum atomic E-state index is 0.0216. The van der Waals surface area contributed by atoms with E-state index in [0.29, 0.717) is 6.42 Å². The summed E-state index contributed by atoms with van der Waals surface area (Å²) in [4.78, 5) is 14.9. The lowest BCUT2D eigenvalue weighted by atomic mass is 10.2. The van der Waals surface area contributed by atoms with E-state index in [9.17, 15) is 4.79 Å². The van der Waals surface area contributed by atoms with E-state index in [0.717, 1.165) is 16.3 Å². The second kappa shape index (κ2) is 5.69. The molecule has 0 saturated heterocycles. The fourth-order valence-electron chi connectivity index (χ4n) is 1.64. The molecular weight excluding hydrogens is 244 g/mol. The highest BCUT2D eigenvalue weighted by Crippen LogP contribution is 2.18. The molecule has 1 heterocycles. The number of nitrogens with zero attached hydrogens (tertiary/aromatic N) is 1. The van der Waals surface area contributed by atoms with Gasteiger partial charge in [-0.2, -0.15) is 0 Å². The third-order valence-corrected chi connectivity index (χ3v) is 3.44. The van der Waals surface area contributed by atoms with Gasteiger partial charge in [0.2, 0.25) is 5.91 Å². The fraction of sp³-hybridized carbons (Fsp3) is 0.214. The van der Waals surface area contributed by atoms with Crippen LogP contribution in [0.5, 0.6) is 0 Å². The first-order valence-electron chi connectivity index (χ1n) is 5.75. The van der Waals surface area contributed by atoms with Crippen molar-refractivity contribution in [3.63, 3.8) is 0 Å². The molecule has 0 radical (unpaired) electrons. The van der Waals surface area contributed by atoms with Crippen molar-refractivity contribution in [3.8, 4) is 0 Å². The standard InChI is InChI=1S/C14H16N2OS/c1-16(2)12-6-3-5-11(9-12)15-14(17)10-13-7-4-8-18-13/h3-9H,10H2,1-2H3,(H,15,17). The van der Waals surface area contributed by atoms with E-state index in [1.54, 1.807) is 11.3 Å². The smallest absolute Gasteiger partial charge is 0.229 e. The summed E-state index contributed by atoms with van der Waals surface area (Å²) >= 11 is 1.60. The first kappa shape index (κ1) is 12.6. The molecule has 2 rings (SSSR count). The van der Waals surface area contributed by atoms with E-state index in [1.807, 2.05) is 60.8 Å². The average molecular weight is 260 g/mol. The maximum atomic E-state index is 11.8. The van der Waals surface area contributed by atoms with Crippen molar-refractivity contribution in [1.29, 1.82) is 0 Å². The minimum Gasteiger partial charge on any atom is -0.378 e. The number of amides is 1. The van der Waals surface area contributed by atoms with Crippen molar-refractivity contribution in [2.75, 3.05) is 24.3 Å². The van der Waals surface area contributed by atoms with Gasteiger partial charge >= 0.3 is 0 Å². The van der Waals surface area contributed by atoms with Gasteiger partial charge in [0.05, 0.1) is 6.42 Å². The highest BCUT2D eigenvalue weighted by molar-refractivity contribution is 7.10. The second-order valence-electron chi connectivity index (χ2n) is 4.25. The average Bonchev–Trinajstić information content (AvgIpc) is 2.82. The highest BCUT2D eigenvalue weighted by atomic mass is 32.1. The summed E-state index contributed by atoms with van der Waals surface area (Å²) in [6.07, 6.45) is 0.434. The van der Waals surface area contributed by atoms with Crippen LogP contribution in [0.4, 0.5) is 11.4 Å². The molecule has 0 aliphatic rings. The maximum Gasteiger partial charge on any atom is 0.229 e. The Bertz CT molecular complexity index is 520. The van der Waals surface area contributed by atoms with E-state index >= 15 is 0 Å². The third-order valence-electron chi connectivity index (χ3n) is 2.56. The number of hydrogen-bond acceptors (Lipinski definition) is 3. The van der Waals surface area contributed by atoms with Gasteiger partial charge in [-0.15, -0.1) is 11.3 Å². The Morgan fingerprint density at radius 1 is 1.28 bits per heavy atom. The van der Waals surface area contributed by atoms with Crippen LogP contribution in [-0.4, -0.2) is 20.0 Å². The molecule has 1 amide bonds. The summed E-state index contributed by atoms with van der Waals surface area (Å²) in [6, 6.07) is 11.7. The zero-order valence-corrected chi connectivity index (χ0v) is 11.3. The van der Waals surface area contributed by atoms with E-state index in [-0.39, 0.29) is 5.91 Å². The molecule has 1 N–H and O–H groups in total. The normalized spacial score (nSPS) is 10.1. The predicted molar refractivity (Wildman–Crippen MR) is 77.4 cm³/mol. The summed E-state index contributed by atoms with van der Waals surface area (Å²) in [6.45, 7) is 0. The van der Waals surface area contributed by atoms with Gasteiger partial charge in [0.25, 0.3) is 0 Å². The number of benzene rings is 1. The molecule has 4 heteroatoms. The van der Waals surface area contributed by atoms with Crippen LogP contribution in [0.2, 0.25) is 0 Å². The monoisotopic (exact) mass is 260 g/mol. The molecule has 0 aliphatic carbocycles. The van der Waals surface area contributed by atoms with Gasteiger partial charge in [0.15, 0.2) is 0 Å². The second-order valence-corrected chi connectivity index (χ2v) is 5.28. The predicted octanol–water partition coefficient (Wildman–Crippen LogP) is 3.00. The number of nitrogens with one attached hydrogen (secondary N) is 1. The van der Waals surface area contributed by atoms with Gasteiger partial charge in [-0.25, -0.2) is 0 Å². The Kier molecular flexibility index (Phi) is 3.99. The molecular formula is C14H16N2OS. The number of carbonyl (C=O) groups excluding carboxylic acids is 1. The number of carbonyl (C=O) groups is 1. The molecule has 0 fully saturated rings. The quantitative estimate of drug-likeness (QED) is 0.916. The summed E-state index contributed by atoms with van der Waals surface area (Å²) < 4.78 is 0. The van der Waals surface area contributed by atoms with Crippen molar-refractivity contribution in [2.45, 2.75) is 6.42 Å². The Labute approximate surface area is 111 Å². The molecule has 3 nitrogen and oxygen atoms in total. The van der Waals surface area contributed by atoms with E-state index < -0.39 is 0 Å². The zero-order chi connectivity index (χ0) is 13.0. The van der Waals surface area contributed by atoms with Crippen molar-refractivity contribution in [3.05, 3.63) is 46.7 Å². The molecule has 1 aromatic carbocycles. The Morgan fingerprint density at radius 3 is 2.78 bits per heavy atom. The summed E-state index contributed by atoms with van der Waals surface area (Å²) in [5, 5.41) is 4.90. The van der Waals surface area contributed by atoms with Gasteiger partial charge < -0.3 is 10.2 Å². The van der Waals surface area contributed by atoms with Crippen LogP contribution < -0.4 is 10.2 Å². The third kappa shape index (κ3) is 3.34. The molecule has 1 aromatic heterocycles. The first-order valence-corrected chi connectivity index (χ1v) is 6.63. The maximum absolute atomic E-state index is 11.8. The van der Waals surface area contributed by atoms with Crippen molar-refractivity contribution < 1.29 is 4.79 Å². The lowest BCUT2D eigenvalue weighted by Crippen LogP contribution is -2.14. The molecule has 94 valence electrons. The minimum absolute atomic E-state index is 0.0216. The molecule has 0 bridgehead atoms. The van der Waals surface area contributed by atoms with Gasteiger partial charge in [0.1, 0.15) is 0 Å². The molecule has 0 atom stereocenters. The zero-order valence-electron chi connectivity index (χ0n) is 10.5. The first-order chi connectivity index (χ1) is 8.65. The molecule has 2 aromatic rings. The van der Waals surface area contributed by atoms with Crippen molar-refractivity contribution >= 4 is 28.6 Å². The number of rotatable bonds is 4. The molecule has 0 spiro atoms. The Hall–Kier alpha value is -1.81. The van der Waals surface area contributed by atoms with Gasteiger partial charge in [0, 0.05) is 30.3 Å². The lowest BCUT2D eigenvalue weighted by molar-refractivity contribution is -0.115. The van der Waals surface area contributed by atoms with E-state index in [1.165, 1.54) is 0 Å². The van der Waals surface area contributed by atoms with Crippen LogP contribution in [0.25, 0.3) is 0 Å². The summed E-state index contributed by atoms with van der Waals surface area (Å²) in [5.41, 5.74) is 1.91. The van der Waals surface area contributed by atoms with Gasteiger partial charge in [-0.1, -0.05) is 12.1 Å². The summed E-state index contributed by atoms with van der Waals surface area (Å²) in [7, 11) is 3.96. The van der Waals surface area contributed by atoms with Crippen LogP contribution in [0.3, 0.4) is 0 Å². The highest BCUT2D eigenvalue weighted by Gasteiger charge is 2.05. The number of hydrogen-bond donors (Lipinski definition) is 1. The fourth-order valence-corrected chi connectivity index (χ4v) is 2.34. The van der Waals surface area contributed by atoms with Crippen LogP contribution in [0, 0.1) is 0 Å². The topological polar surface area (TPSA) is 32.3 Å². The van der Waals surface area contributed by atoms with Crippen LogP contribution >= 0.6 is 11.3 Å². The number of anilines is 2. The van der Waals surface area contributed by atoms with Crippen LogP contribution in [0.15, 0.2) is 41.8 Å². The van der Waals surface area contributed by atoms with E-state index in [2.05, 4.69) is 5.32 Å². The largest absolute Gasteiger partial charge is 0.378 e. The summed E-state index contributed by atoms with van der Waals surface area (Å²) in [5.74, 6) is 0.0216. The molecule has 0 aliphatic heterocycles. The number of thiophene rings is 1. The lowest BCUT2D eigenvalue weighted by Gasteiger charge is -2.13.